The summed E-state index contributed by atoms with van der Waals surface area (Å²) in [6.07, 6.45) is 6.76. The first-order chi connectivity index (χ1) is 15.7. The van der Waals surface area contributed by atoms with Crippen LogP contribution in [0.15, 0.2) is 48.6 Å². The summed E-state index contributed by atoms with van der Waals surface area (Å²) in [5, 5.41) is 24.2. The number of rotatable bonds is 5. The van der Waals surface area contributed by atoms with Gasteiger partial charge in [0.15, 0.2) is 11.8 Å². The fraction of sp³-hybridized carbons (Fsp3) is 0.308. The molecule has 0 bridgehead atoms. The van der Waals surface area contributed by atoms with Gasteiger partial charge in [-0.2, -0.15) is 10.4 Å². The minimum Gasteiger partial charge on any atom is -0.479 e. The highest BCUT2D eigenvalue weighted by molar-refractivity contribution is 5.81. The van der Waals surface area contributed by atoms with Gasteiger partial charge in [-0.3, -0.25) is 0 Å². The average Bonchev–Trinajstić information content (AvgIpc) is 3.20. The fourth-order valence-corrected chi connectivity index (χ4v) is 3.99. The monoisotopic (exact) mass is 442 g/mol. The van der Waals surface area contributed by atoms with Crippen molar-refractivity contribution in [2.24, 2.45) is 0 Å². The Labute approximate surface area is 192 Å². The van der Waals surface area contributed by atoms with Crippen LogP contribution in [-0.2, 0) is 9.53 Å². The molecule has 3 aromatic rings. The molecule has 33 heavy (non-hydrogen) atoms. The molecule has 1 N–H and O–H groups in total. The Morgan fingerprint density at radius 3 is 2.58 bits per heavy atom. The van der Waals surface area contributed by atoms with Crippen molar-refractivity contribution in [3.63, 3.8) is 0 Å². The van der Waals surface area contributed by atoms with Gasteiger partial charge in [0.25, 0.3) is 0 Å². The maximum Gasteiger partial charge on any atom is 0.337 e. The Morgan fingerprint density at radius 1 is 1.27 bits per heavy atom. The minimum absolute atomic E-state index is 0.446. The SMILES string of the molecule is Cc1nc2cc(C3=CC=CCC3)nn2c(-c2ccc(C#N)cc2)c1C(OC(C)(C)C)C(=O)O. The molecule has 0 spiro atoms. The van der Waals surface area contributed by atoms with E-state index in [1.165, 1.54) is 0 Å². The number of hydrogen-bond acceptors (Lipinski definition) is 5. The Hall–Kier alpha value is -3.76. The molecule has 1 aromatic carbocycles. The summed E-state index contributed by atoms with van der Waals surface area (Å²) in [6.45, 7) is 7.25. The molecule has 1 unspecified atom stereocenters. The van der Waals surface area contributed by atoms with Crippen molar-refractivity contribution in [3.8, 4) is 17.3 Å². The quantitative estimate of drug-likeness (QED) is 0.579. The zero-order valence-corrected chi connectivity index (χ0v) is 19.2. The lowest BCUT2D eigenvalue weighted by molar-refractivity contribution is -0.160. The summed E-state index contributed by atoms with van der Waals surface area (Å²) in [5.74, 6) is -1.10. The van der Waals surface area contributed by atoms with Gasteiger partial charge in [0.1, 0.15) is 0 Å². The third-order valence-electron chi connectivity index (χ3n) is 5.42. The minimum atomic E-state index is -1.24. The van der Waals surface area contributed by atoms with E-state index in [0.29, 0.717) is 28.2 Å². The van der Waals surface area contributed by atoms with E-state index in [0.717, 1.165) is 29.7 Å². The zero-order chi connectivity index (χ0) is 23.8. The Balaban J connectivity index is 2.02. The molecule has 0 saturated heterocycles. The standard InChI is InChI=1S/C26H26N4O3/c1-16-22(24(25(31)32)33-26(2,3)4)23(19-12-10-17(15-27)11-13-19)30-21(28-16)14-20(29-30)18-8-6-5-7-9-18/h5-6,8,10-14,24H,7,9H2,1-4H3,(H,31,32). The second-order valence-electron chi connectivity index (χ2n) is 9.06. The van der Waals surface area contributed by atoms with Crippen LogP contribution in [0, 0.1) is 18.3 Å². The molecule has 0 saturated carbocycles. The average molecular weight is 443 g/mol. The van der Waals surface area contributed by atoms with Crippen molar-refractivity contribution in [3.05, 3.63) is 71.1 Å². The van der Waals surface area contributed by atoms with Gasteiger partial charge in [0, 0.05) is 22.9 Å². The van der Waals surface area contributed by atoms with Crippen molar-refractivity contribution in [1.82, 2.24) is 14.6 Å². The first kappa shape index (κ1) is 22.4. The third-order valence-corrected chi connectivity index (χ3v) is 5.42. The largest absolute Gasteiger partial charge is 0.479 e. The number of fused-ring (bicyclic) bond motifs is 1. The third kappa shape index (κ3) is 4.57. The summed E-state index contributed by atoms with van der Waals surface area (Å²) < 4.78 is 7.69. The number of carbonyl (C=O) groups is 1. The van der Waals surface area contributed by atoms with Crippen LogP contribution in [0.5, 0.6) is 0 Å². The number of benzene rings is 1. The second-order valence-corrected chi connectivity index (χ2v) is 9.06. The van der Waals surface area contributed by atoms with Crippen molar-refractivity contribution in [1.29, 1.82) is 5.26 Å². The van der Waals surface area contributed by atoms with Gasteiger partial charge < -0.3 is 9.84 Å². The zero-order valence-electron chi connectivity index (χ0n) is 19.2. The van der Waals surface area contributed by atoms with E-state index in [9.17, 15) is 15.2 Å². The number of carboxylic acid groups (broad SMARTS) is 1. The Kier molecular flexibility index (Phi) is 5.88. The number of nitrogens with zero attached hydrogens (tertiary/aromatic N) is 4. The maximum absolute atomic E-state index is 12.4. The molecular weight excluding hydrogens is 416 g/mol. The van der Waals surface area contributed by atoms with E-state index in [1.807, 2.05) is 39.0 Å². The summed E-state index contributed by atoms with van der Waals surface area (Å²) in [4.78, 5) is 17.1. The number of carboxylic acids is 1. The van der Waals surface area contributed by atoms with Gasteiger partial charge >= 0.3 is 5.97 Å². The first-order valence-electron chi connectivity index (χ1n) is 10.9. The summed E-state index contributed by atoms with van der Waals surface area (Å²) >= 11 is 0. The molecule has 1 atom stereocenters. The van der Waals surface area contributed by atoms with E-state index >= 15 is 0 Å². The van der Waals surface area contributed by atoms with Crippen molar-refractivity contribution in [2.45, 2.75) is 52.2 Å². The number of ether oxygens (including phenoxy) is 1. The number of hydrogen-bond donors (Lipinski definition) is 1. The fourth-order valence-electron chi connectivity index (χ4n) is 3.99. The van der Waals surface area contributed by atoms with Crippen molar-refractivity contribution < 1.29 is 14.6 Å². The van der Waals surface area contributed by atoms with Crippen molar-refractivity contribution >= 4 is 17.2 Å². The molecule has 0 fully saturated rings. The second kappa shape index (κ2) is 8.64. The van der Waals surface area contributed by atoms with Crippen LogP contribution >= 0.6 is 0 Å². The highest BCUT2D eigenvalue weighted by Crippen LogP contribution is 2.36. The van der Waals surface area contributed by atoms with Gasteiger partial charge in [0.2, 0.25) is 0 Å². The van der Waals surface area contributed by atoms with Crippen LogP contribution in [0.25, 0.3) is 22.5 Å². The number of aromatic nitrogens is 3. The molecule has 0 radical (unpaired) electrons. The van der Waals surface area contributed by atoms with Crippen LogP contribution in [0.3, 0.4) is 0 Å². The lowest BCUT2D eigenvalue weighted by atomic mass is 9.98. The predicted octanol–water partition coefficient (Wildman–Crippen LogP) is 5.25. The summed E-state index contributed by atoms with van der Waals surface area (Å²) in [7, 11) is 0. The molecule has 7 nitrogen and oxygen atoms in total. The lowest BCUT2D eigenvalue weighted by Crippen LogP contribution is -2.29. The summed E-state index contributed by atoms with van der Waals surface area (Å²) in [5.41, 5.74) is 4.69. The van der Waals surface area contributed by atoms with Gasteiger partial charge in [-0.1, -0.05) is 30.4 Å². The normalized spacial score (nSPS) is 14.7. The van der Waals surface area contributed by atoms with Crippen LogP contribution < -0.4 is 0 Å². The predicted molar refractivity (Wildman–Crippen MR) is 125 cm³/mol. The molecule has 7 heteroatoms. The smallest absolute Gasteiger partial charge is 0.337 e. The van der Waals surface area contributed by atoms with Crippen LogP contribution in [0.4, 0.5) is 0 Å². The van der Waals surface area contributed by atoms with E-state index in [-0.39, 0.29) is 0 Å². The molecule has 2 heterocycles. The van der Waals surface area contributed by atoms with Crippen LogP contribution in [-0.4, -0.2) is 31.3 Å². The van der Waals surface area contributed by atoms with Crippen LogP contribution in [0.2, 0.25) is 0 Å². The Morgan fingerprint density at radius 2 is 2.00 bits per heavy atom. The van der Waals surface area contributed by atoms with E-state index in [1.54, 1.807) is 35.7 Å². The highest BCUT2D eigenvalue weighted by atomic mass is 16.5. The molecular formula is C26H26N4O3. The van der Waals surface area contributed by atoms with Gasteiger partial charge in [-0.25, -0.2) is 14.3 Å². The molecule has 2 aromatic heterocycles. The number of aliphatic carboxylic acids is 1. The van der Waals surface area contributed by atoms with Gasteiger partial charge in [-0.05, 0) is 58.2 Å². The number of aryl methyl sites for hydroxylation is 1. The Bertz CT molecular complexity index is 1320. The summed E-state index contributed by atoms with van der Waals surface area (Å²) in [6, 6.07) is 11.1. The molecule has 1 aliphatic carbocycles. The van der Waals surface area contributed by atoms with Gasteiger partial charge in [-0.15, -0.1) is 0 Å². The van der Waals surface area contributed by atoms with E-state index < -0.39 is 17.7 Å². The van der Waals surface area contributed by atoms with E-state index in [4.69, 9.17) is 14.8 Å². The number of nitriles is 1. The molecule has 4 rings (SSSR count). The number of allylic oxidation sites excluding steroid dienone is 4. The van der Waals surface area contributed by atoms with Crippen LogP contribution in [0.1, 0.15) is 62.2 Å². The molecule has 0 amide bonds. The molecule has 0 aliphatic heterocycles. The van der Waals surface area contributed by atoms with Crippen molar-refractivity contribution in [2.75, 3.05) is 0 Å². The van der Waals surface area contributed by atoms with Gasteiger partial charge in [0.05, 0.1) is 28.6 Å². The molecule has 168 valence electrons. The topological polar surface area (TPSA) is 101 Å². The lowest BCUT2D eigenvalue weighted by Gasteiger charge is -2.27. The van der Waals surface area contributed by atoms with E-state index in [2.05, 4.69) is 12.1 Å². The highest BCUT2D eigenvalue weighted by Gasteiger charge is 2.33. The first-order valence-corrected chi connectivity index (χ1v) is 10.9. The maximum atomic E-state index is 12.4. The molecule has 1 aliphatic rings.